The van der Waals surface area contributed by atoms with Gasteiger partial charge >= 0.3 is 5.97 Å². The number of aryl methyl sites for hydroxylation is 1. The monoisotopic (exact) mass is 345 g/mol. The molecule has 5 nitrogen and oxygen atoms in total. The molecule has 0 spiro atoms. The van der Waals surface area contributed by atoms with Crippen LogP contribution in [-0.2, 0) is 25.8 Å². The van der Waals surface area contributed by atoms with Gasteiger partial charge in [-0.25, -0.2) is 13.2 Å². The molecule has 2 aromatic rings. The Balaban J connectivity index is 2.36. The molecule has 0 aliphatic heterocycles. The third kappa shape index (κ3) is 4.02. The Morgan fingerprint density at radius 2 is 1.71 bits per heavy atom. The summed E-state index contributed by atoms with van der Waals surface area (Å²) < 4.78 is 29.9. The van der Waals surface area contributed by atoms with Gasteiger partial charge in [0.1, 0.15) is 0 Å². The molecule has 0 saturated heterocycles. The summed E-state index contributed by atoms with van der Waals surface area (Å²) in [5.74, 6) is -0.920. The summed E-state index contributed by atoms with van der Waals surface area (Å²) in [5.41, 5.74) is 1.84. The molecular formula is C18H19NO4S. The first-order valence-corrected chi connectivity index (χ1v) is 8.91. The number of carbonyl (C=O) groups excluding carboxylic acids is 1. The smallest absolute Gasteiger partial charge is 0.351 e. The molecule has 2 aromatic carbocycles. The molecule has 0 amide bonds. The largest absolute Gasteiger partial charge is 0.465 e. The summed E-state index contributed by atoms with van der Waals surface area (Å²) in [6.07, 6.45) is 2.07. The molecular weight excluding hydrogens is 326 g/mol. The van der Waals surface area contributed by atoms with Crippen molar-refractivity contribution >= 4 is 21.5 Å². The van der Waals surface area contributed by atoms with E-state index in [1.165, 1.54) is 12.1 Å². The molecule has 24 heavy (non-hydrogen) atoms. The number of sulfone groups is 1. The summed E-state index contributed by atoms with van der Waals surface area (Å²) in [4.78, 5) is 11.5. The van der Waals surface area contributed by atoms with Crippen LogP contribution in [0.5, 0.6) is 0 Å². The van der Waals surface area contributed by atoms with E-state index in [9.17, 15) is 13.2 Å². The van der Waals surface area contributed by atoms with Crippen LogP contribution in [0.1, 0.15) is 12.5 Å². The van der Waals surface area contributed by atoms with Gasteiger partial charge in [0.05, 0.1) is 12.0 Å². The highest BCUT2D eigenvalue weighted by Crippen LogP contribution is 2.20. The summed E-state index contributed by atoms with van der Waals surface area (Å²) in [5, 5.41) is 2.85. The molecule has 0 bridgehead atoms. The van der Waals surface area contributed by atoms with Gasteiger partial charge in [0.15, 0.2) is 4.91 Å². The van der Waals surface area contributed by atoms with Gasteiger partial charge in [-0.15, -0.1) is 0 Å². The highest BCUT2D eigenvalue weighted by molar-refractivity contribution is 7.96. The fourth-order valence-electron chi connectivity index (χ4n) is 2.06. The van der Waals surface area contributed by atoms with Gasteiger partial charge in [-0.2, -0.15) is 0 Å². The molecule has 0 radical (unpaired) electrons. The van der Waals surface area contributed by atoms with E-state index in [2.05, 4.69) is 10.1 Å². The van der Waals surface area contributed by atoms with E-state index in [-0.39, 0.29) is 4.90 Å². The third-order valence-electron chi connectivity index (χ3n) is 3.46. The molecule has 0 heterocycles. The molecule has 126 valence electrons. The molecule has 6 heteroatoms. The second-order valence-electron chi connectivity index (χ2n) is 5.01. The van der Waals surface area contributed by atoms with E-state index in [1.54, 1.807) is 18.2 Å². The summed E-state index contributed by atoms with van der Waals surface area (Å²) in [7, 11) is -2.83. The minimum absolute atomic E-state index is 0.0322. The van der Waals surface area contributed by atoms with Crippen LogP contribution in [0.15, 0.2) is 70.6 Å². The van der Waals surface area contributed by atoms with Crippen molar-refractivity contribution in [1.82, 2.24) is 0 Å². The van der Waals surface area contributed by atoms with Crippen LogP contribution in [0.4, 0.5) is 5.69 Å². The van der Waals surface area contributed by atoms with Gasteiger partial charge < -0.3 is 10.1 Å². The van der Waals surface area contributed by atoms with Crippen molar-refractivity contribution in [2.75, 3.05) is 12.4 Å². The van der Waals surface area contributed by atoms with E-state index < -0.39 is 20.7 Å². The molecule has 1 N–H and O–H groups in total. The van der Waals surface area contributed by atoms with Crippen molar-refractivity contribution in [1.29, 1.82) is 0 Å². The molecule has 0 aromatic heterocycles. The Morgan fingerprint density at radius 1 is 1.08 bits per heavy atom. The number of nitrogens with one attached hydrogen (secondary N) is 1. The summed E-state index contributed by atoms with van der Waals surface area (Å²) >= 11 is 0. The molecule has 2 rings (SSSR count). The Kier molecular flexibility index (Phi) is 5.76. The first-order valence-electron chi connectivity index (χ1n) is 7.43. The lowest BCUT2D eigenvalue weighted by Gasteiger charge is -2.09. The van der Waals surface area contributed by atoms with Crippen LogP contribution in [0, 0.1) is 0 Å². The zero-order valence-corrected chi connectivity index (χ0v) is 14.3. The number of rotatable bonds is 6. The lowest BCUT2D eigenvalue weighted by Crippen LogP contribution is -2.16. The summed E-state index contributed by atoms with van der Waals surface area (Å²) in [6, 6.07) is 15.3. The molecule has 0 unspecified atom stereocenters. The van der Waals surface area contributed by atoms with Gasteiger partial charge in [0, 0.05) is 11.9 Å². The van der Waals surface area contributed by atoms with Gasteiger partial charge in [-0.1, -0.05) is 37.3 Å². The Hall–Kier alpha value is -2.60. The normalized spacial score (nSPS) is 11.8. The molecule has 0 atom stereocenters. The zero-order chi connectivity index (χ0) is 17.6. The molecule has 0 fully saturated rings. The van der Waals surface area contributed by atoms with Crippen molar-refractivity contribution in [2.45, 2.75) is 18.2 Å². The predicted molar refractivity (Wildman–Crippen MR) is 93.2 cm³/mol. The fourth-order valence-corrected chi connectivity index (χ4v) is 3.35. The van der Waals surface area contributed by atoms with E-state index >= 15 is 0 Å². The highest BCUT2D eigenvalue weighted by Gasteiger charge is 2.27. The highest BCUT2D eigenvalue weighted by atomic mass is 32.2. The van der Waals surface area contributed by atoms with Gasteiger partial charge in [0.2, 0.25) is 9.84 Å². The topological polar surface area (TPSA) is 72.5 Å². The number of esters is 1. The number of hydrogen-bond donors (Lipinski definition) is 1. The molecule has 0 aliphatic rings. The van der Waals surface area contributed by atoms with E-state index in [4.69, 9.17) is 0 Å². The van der Waals surface area contributed by atoms with Crippen LogP contribution in [0.25, 0.3) is 0 Å². The van der Waals surface area contributed by atoms with Crippen LogP contribution in [0.2, 0.25) is 0 Å². The number of ether oxygens (including phenoxy) is 1. The van der Waals surface area contributed by atoms with E-state index in [1.807, 2.05) is 31.2 Å². The second-order valence-corrected chi connectivity index (χ2v) is 6.93. The minimum atomic E-state index is -3.97. The number of hydrogen-bond acceptors (Lipinski definition) is 5. The van der Waals surface area contributed by atoms with Crippen molar-refractivity contribution < 1.29 is 17.9 Å². The van der Waals surface area contributed by atoms with Crippen molar-refractivity contribution in [2.24, 2.45) is 0 Å². The van der Waals surface area contributed by atoms with Crippen LogP contribution < -0.4 is 5.32 Å². The second kappa shape index (κ2) is 7.79. The molecule has 0 saturated carbocycles. The summed E-state index contributed by atoms with van der Waals surface area (Å²) in [6.45, 7) is 2.05. The molecule has 0 aliphatic carbocycles. The average Bonchev–Trinajstić information content (AvgIpc) is 2.62. The van der Waals surface area contributed by atoms with Crippen LogP contribution >= 0.6 is 0 Å². The van der Waals surface area contributed by atoms with Gasteiger partial charge in [-0.3, -0.25) is 0 Å². The maximum atomic E-state index is 12.6. The SMILES string of the molecule is CCc1ccc(N/C=C(\C(=O)OC)S(=O)(=O)c2ccccc2)cc1. The maximum absolute atomic E-state index is 12.6. The van der Waals surface area contributed by atoms with E-state index in [0.29, 0.717) is 5.69 Å². The number of benzene rings is 2. The third-order valence-corrected chi connectivity index (χ3v) is 5.22. The van der Waals surface area contributed by atoms with Crippen molar-refractivity contribution in [3.63, 3.8) is 0 Å². The lowest BCUT2D eigenvalue weighted by atomic mass is 10.1. The van der Waals surface area contributed by atoms with E-state index in [0.717, 1.165) is 25.3 Å². The minimum Gasteiger partial charge on any atom is -0.465 e. The number of carbonyl (C=O) groups is 1. The quantitative estimate of drug-likeness (QED) is 0.643. The lowest BCUT2D eigenvalue weighted by molar-refractivity contribution is -0.135. The number of anilines is 1. The Labute approximate surface area is 141 Å². The number of methoxy groups -OCH3 is 1. The Bertz CT molecular complexity index is 825. The van der Waals surface area contributed by atoms with Crippen LogP contribution in [-0.4, -0.2) is 21.5 Å². The van der Waals surface area contributed by atoms with Gasteiger partial charge in [0.25, 0.3) is 0 Å². The Morgan fingerprint density at radius 3 is 2.25 bits per heavy atom. The average molecular weight is 345 g/mol. The first kappa shape index (κ1) is 17.7. The first-order chi connectivity index (χ1) is 11.5. The van der Waals surface area contributed by atoms with Crippen molar-refractivity contribution in [3.05, 3.63) is 71.3 Å². The zero-order valence-electron chi connectivity index (χ0n) is 13.5. The van der Waals surface area contributed by atoms with Crippen molar-refractivity contribution in [3.8, 4) is 0 Å². The predicted octanol–water partition coefficient (Wildman–Crippen LogP) is 3.15. The maximum Gasteiger partial charge on any atom is 0.351 e. The van der Waals surface area contributed by atoms with Crippen LogP contribution in [0.3, 0.4) is 0 Å². The fraction of sp³-hybridized carbons (Fsp3) is 0.167. The van der Waals surface area contributed by atoms with Gasteiger partial charge in [-0.05, 0) is 36.2 Å². The standard InChI is InChI=1S/C18H19NO4S/c1-3-14-9-11-15(12-10-14)19-13-17(18(20)23-2)24(21,22)16-7-5-4-6-8-16/h4-13,19H,3H2,1-2H3/b17-13+.